The van der Waals surface area contributed by atoms with Crippen LogP contribution in [0.25, 0.3) is 0 Å². The van der Waals surface area contributed by atoms with Crippen LogP contribution in [-0.2, 0) is 0 Å². The van der Waals surface area contributed by atoms with Crippen molar-refractivity contribution in [2.24, 2.45) is 0 Å². The fourth-order valence-corrected chi connectivity index (χ4v) is 2.60. The van der Waals surface area contributed by atoms with E-state index < -0.39 is 43.4 Å². The standard InChI is InChI=1S/C14H11F5NO2P/c1-2-20-23(21-8-6-4-3-5-7-8)22-14-12(18)10(16)9(15)11(17)13(14)19/h3-7,20H,2H2,1H3. The number of hydrogen-bond donors (Lipinski definition) is 1. The molecule has 0 aliphatic rings. The molecule has 0 aliphatic carbocycles. The van der Waals surface area contributed by atoms with Gasteiger partial charge in [-0.25, -0.2) is 18.3 Å². The topological polar surface area (TPSA) is 30.5 Å². The molecular weight excluding hydrogens is 340 g/mol. The van der Waals surface area contributed by atoms with Crippen LogP contribution < -0.4 is 14.1 Å². The molecule has 0 amide bonds. The predicted octanol–water partition coefficient (Wildman–Crippen LogP) is 4.68. The molecule has 0 aromatic heterocycles. The van der Waals surface area contributed by atoms with Crippen LogP contribution in [0.5, 0.6) is 11.5 Å². The van der Waals surface area contributed by atoms with Crippen molar-refractivity contribution in [3.05, 3.63) is 59.4 Å². The van der Waals surface area contributed by atoms with Crippen LogP contribution in [0.15, 0.2) is 30.3 Å². The Hall–Kier alpha value is -1.92. The molecule has 1 atom stereocenters. The molecule has 124 valence electrons. The van der Waals surface area contributed by atoms with Crippen LogP contribution in [0.1, 0.15) is 6.92 Å². The minimum absolute atomic E-state index is 0.286. The summed E-state index contributed by atoms with van der Waals surface area (Å²) >= 11 is 0. The normalized spacial score (nSPS) is 12.1. The molecule has 0 fully saturated rings. The number of hydrogen-bond acceptors (Lipinski definition) is 3. The smallest absolute Gasteiger partial charge is 0.381 e. The van der Waals surface area contributed by atoms with Gasteiger partial charge in [-0.05, 0) is 12.1 Å². The highest BCUT2D eigenvalue weighted by molar-refractivity contribution is 7.45. The summed E-state index contributed by atoms with van der Waals surface area (Å²) in [4.78, 5) is 0. The van der Waals surface area contributed by atoms with Crippen molar-refractivity contribution < 1.29 is 31.0 Å². The van der Waals surface area contributed by atoms with Gasteiger partial charge in [0, 0.05) is 6.54 Å². The second-order valence-electron chi connectivity index (χ2n) is 4.16. The summed E-state index contributed by atoms with van der Waals surface area (Å²) in [5, 5.41) is 2.64. The summed E-state index contributed by atoms with van der Waals surface area (Å²) in [5.74, 6) is -11.6. The maximum Gasteiger partial charge on any atom is 0.381 e. The van der Waals surface area contributed by atoms with E-state index in [1.54, 1.807) is 37.3 Å². The van der Waals surface area contributed by atoms with E-state index in [-0.39, 0.29) is 6.54 Å². The third-order valence-corrected chi connectivity index (χ3v) is 3.86. The van der Waals surface area contributed by atoms with Crippen molar-refractivity contribution >= 4 is 8.53 Å². The Morgan fingerprint density at radius 2 is 1.35 bits per heavy atom. The SMILES string of the molecule is CCNP(Oc1ccccc1)Oc1c(F)c(F)c(F)c(F)c1F. The Kier molecular flexibility index (Phi) is 5.74. The molecule has 23 heavy (non-hydrogen) atoms. The minimum atomic E-state index is -2.25. The van der Waals surface area contributed by atoms with Gasteiger partial charge in [0.05, 0.1) is 0 Å². The molecule has 2 aromatic carbocycles. The highest BCUT2D eigenvalue weighted by Crippen LogP contribution is 2.40. The number of nitrogens with one attached hydrogen (secondary N) is 1. The second-order valence-corrected chi connectivity index (χ2v) is 5.36. The number of benzene rings is 2. The average Bonchev–Trinajstić information content (AvgIpc) is 2.56. The molecule has 1 unspecified atom stereocenters. The third kappa shape index (κ3) is 3.89. The van der Waals surface area contributed by atoms with Crippen LogP contribution in [0.3, 0.4) is 0 Å². The number of halogens is 5. The first-order valence-electron chi connectivity index (χ1n) is 6.41. The molecule has 2 rings (SSSR count). The van der Waals surface area contributed by atoms with E-state index in [0.29, 0.717) is 5.75 Å². The van der Waals surface area contributed by atoms with Crippen LogP contribution >= 0.6 is 8.53 Å². The molecule has 0 radical (unpaired) electrons. The van der Waals surface area contributed by atoms with Crippen molar-refractivity contribution in [1.82, 2.24) is 5.09 Å². The summed E-state index contributed by atoms with van der Waals surface area (Å²) in [7, 11) is -2.17. The summed E-state index contributed by atoms with van der Waals surface area (Å²) < 4.78 is 76.8. The van der Waals surface area contributed by atoms with E-state index >= 15 is 0 Å². The molecule has 9 heteroatoms. The van der Waals surface area contributed by atoms with E-state index in [9.17, 15) is 22.0 Å². The molecule has 1 N–H and O–H groups in total. The second kappa shape index (κ2) is 7.57. The lowest BCUT2D eigenvalue weighted by Crippen LogP contribution is -2.15. The van der Waals surface area contributed by atoms with Crippen molar-refractivity contribution in [1.29, 1.82) is 0 Å². The average molecular weight is 351 g/mol. The van der Waals surface area contributed by atoms with Gasteiger partial charge in [-0.1, -0.05) is 25.1 Å². The molecule has 3 nitrogen and oxygen atoms in total. The molecule has 0 bridgehead atoms. The van der Waals surface area contributed by atoms with Gasteiger partial charge in [0.2, 0.25) is 34.8 Å². The minimum Gasteiger partial charge on any atom is -0.427 e. The van der Waals surface area contributed by atoms with Crippen molar-refractivity contribution in [3.8, 4) is 11.5 Å². The van der Waals surface area contributed by atoms with Crippen molar-refractivity contribution in [2.75, 3.05) is 6.54 Å². The van der Waals surface area contributed by atoms with Crippen LogP contribution in [0.2, 0.25) is 0 Å². The largest absolute Gasteiger partial charge is 0.427 e. The zero-order valence-corrected chi connectivity index (χ0v) is 12.6. The fraction of sp³-hybridized carbons (Fsp3) is 0.143. The monoisotopic (exact) mass is 351 g/mol. The molecule has 0 spiro atoms. The van der Waals surface area contributed by atoms with E-state index in [4.69, 9.17) is 9.05 Å². The first-order chi connectivity index (χ1) is 11.0. The van der Waals surface area contributed by atoms with Gasteiger partial charge >= 0.3 is 8.53 Å². The Labute approximate surface area is 130 Å². The highest BCUT2D eigenvalue weighted by atomic mass is 31.2. The summed E-state index contributed by atoms with van der Waals surface area (Å²) in [5.41, 5.74) is 0. The zero-order valence-electron chi connectivity index (χ0n) is 11.7. The van der Waals surface area contributed by atoms with Gasteiger partial charge in [-0.3, -0.25) is 0 Å². The predicted molar refractivity (Wildman–Crippen MR) is 74.5 cm³/mol. The molecule has 0 heterocycles. The maximum absolute atomic E-state index is 13.6. The van der Waals surface area contributed by atoms with Crippen LogP contribution in [-0.4, -0.2) is 6.54 Å². The zero-order chi connectivity index (χ0) is 17.0. The summed E-state index contributed by atoms with van der Waals surface area (Å²) in [6.07, 6.45) is 0. The van der Waals surface area contributed by atoms with E-state index in [2.05, 4.69) is 5.09 Å². The van der Waals surface area contributed by atoms with Gasteiger partial charge in [0.1, 0.15) is 5.75 Å². The van der Waals surface area contributed by atoms with Gasteiger partial charge < -0.3 is 9.05 Å². The van der Waals surface area contributed by atoms with E-state index in [1.807, 2.05) is 0 Å². The third-order valence-electron chi connectivity index (χ3n) is 2.56. The quantitative estimate of drug-likeness (QED) is 0.355. The first-order valence-corrected chi connectivity index (χ1v) is 7.59. The number of rotatable bonds is 6. The maximum atomic E-state index is 13.6. The fourth-order valence-electron chi connectivity index (χ4n) is 1.54. The van der Waals surface area contributed by atoms with Gasteiger partial charge in [-0.2, -0.15) is 8.78 Å². The molecule has 0 saturated heterocycles. The summed E-state index contributed by atoms with van der Waals surface area (Å²) in [6.45, 7) is 1.94. The first kappa shape index (κ1) is 17.4. The number of para-hydroxylation sites is 1. The highest BCUT2D eigenvalue weighted by Gasteiger charge is 2.29. The Morgan fingerprint density at radius 1 is 0.826 bits per heavy atom. The van der Waals surface area contributed by atoms with Gasteiger partial charge in [-0.15, -0.1) is 0 Å². The Bertz CT molecular complexity index is 658. The van der Waals surface area contributed by atoms with E-state index in [1.165, 1.54) is 0 Å². The molecule has 0 saturated carbocycles. The molecule has 2 aromatic rings. The molecular formula is C14H11F5NO2P. The lowest BCUT2D eigenvalue weighted by atomic mass is 10.3. The Morgan fingerprint density at radius 3 is 1.87 bits per heavy atom. The molecule has 0 aliphatic heterocycles. The van der Waals surface area contributed by atoms with Crippen molar-refractivity contribution in [3.63, 3.8) is 0 Å². The summed E-state index contributed by atoms with van der Waals surface area (Å²) in [6, 6.07) is 8.11. The van der Waals surface area contributed by atoms with Gasteiger partial charge in [0.15, 0.2) is 0 Å². The van der Waals surface area contributed by atoms with Gasteiger partial charge in [0.25, 0.3) is 0 Å². The van der Waals surface area contributed by atoms with E-state index in [0.717, 1.165) is 0 Å². The van der Waals surface area contributed by atoms with Crippen LogP contribution in [0.4, 0.5) is 22.0 Å². The lowest BCUT2D eigenvalue weighted by Gasteiger charge is -2.19. The lowest BCUT2D eigenvalue weighted by molar-refractivity contribution is 0.344. The Balaban J connectivity index is 2.30. The van der Waals surface area contributed by atoms with Crippen LogP contribution in [0, 0.1) is 29.1 Å². The van der Waals surface area contributed by atoms with Crippen molar-refractivity contribution in [2.45, 2.75) is 6.92 Å².